The second-order valence-electron chi connectivity index (χ2n) is 2.49. The lowest BCUT2D eigenvalue weighted by molar-refractivity contribution is -0.121. The first-order valence-electron chi connectivity index (χ1n) is 3.62. The molecule has 0 aromatic rings. The van der Waals surface area contributed by atoms with Gasteiger partial charge in [0, 0.05) is 5.92 Å². The number of carbonyl (C=O) groups excluding carboxylic acids is 1. The van der Waals surface area contributed by atoms with Gasteiger partial charge in [0.1, 0.15) is 5.78 Å². The molecule has 0 saturated heterocycles. The van der Waals surface area contributed by atoms with E-state index in [1.807, 2.05) is 19.9 Å². The highest BCUT2D eigenvalue weighted by molar-refractivity contribution is 5.82. The Bertz CT molecular complexity index is 146. The Labute approximate surface area is 61.8 Å². The van der Waals surface area contributed by atoms with Gasteiger partial charge in [-0.15, -0.1) is 0 Å². The summed E-state index contributed by atoms with van der Waals surface area (Å²) in [6.45, 7) is 3.92. The SMILES string of the molecule is CCC[C@@H](C)C(=O)CC#N. The summed E-state index contributed by atoms with van der Waals surface area (Å²) in [5, 5.41) is 8.18. The predicted molar refractivity (Wildman–Crippen MR) is 39.3 cm³/mol. The minimum absolute atomic E-state index is 0.0706. The molecule has 0 amide bonds. The van der Waals surface area contributed by atoms with Gasteiger partial charge < -0.3 is 0 Å². The maximum atomic E-state index is 10.9. The molecule has 0 aliphatic rings. The Kier molecular flexibility index (Phi) is 4.57. The maximum absolute atomic E-state index is 10.9. The summed E-state index contributed by atoms with van der Waals surface area (Å²) in [7, 11) is 0. The Morgan fingerprint density at radius 3 is 2.70 bits per heavy atom. The second kappa shape index (κ2) is 4.99. The van der Waals surface area contributed by atoms with Crippen LogP contribution in [0.2, 0.25) is 0 Å². The van der Waals surface area contributed by atoms with Crippen LogP contribution in [0.1, 0.15) is 33.1 Å². The van der Waals surface area contributed by atoms with E-state index in [0.717, 1.165) is 12.8 Å². The molecule has 0 heterocycles. The quantitative estimate of drug-likeness (QED) is 0.597. The third-order valence-corrected chi connectivity index (χ3v) is 1.52. The highest BCUT2D eigenvalue weighted by Gasteiger charge is 2.09. The van der Waals surface area contributed by atoms with E-state index in [4.69, 9.17) is 5.26 Å². The molecule has 2 heteroatoms. The van der Waals surface area contributed by atoms with Crippen molar-refractivity contribution in [1.29, 1.82) is 5.26 Å². The molecule has 0 fully saturated rings. The number of Topliss-reactive ketones (excluding diaryl/α,β-unsaturated/α-hetero) is 1. The Morgan fingerprint density at radius 2 is 2.30 bits per heavy atom. The van der Waals surface area contributed by atoms with Crippen LogP contribution < -0.4 is 0 Å². The van der Waals surface area contributed by atoms with Crippen LogP contribution in [-0.4, -0.2) is 5.78 Å². The normalized spacial score (nSPS) is 12.1. The zero-order valence-electron chi connectivity index (χ0n) is 6.55. The molecule has 0 unspecified atom stereocenters. The van der Waals surface area contributed by atoms with E-state index < -0.39 is 0 Å². The van der Waals surface area contributed by atoms with E-state index in [0.29, 0.717) is 0 Å². The summed E-state index contributed by atoms with van der Waals surface area (Å²) in [4.78, 5) is 10.9. The predicted octanol–water partition coefficient (Wildman–Crippen LogP) is 1.91. The van der Waals surface area contributed by atoms with E-state index in [-0.39, 0.29) is 18.1 Å². The van der Waals surface area contributed by atoms with Crippen LogP contribution in [0, 0.1) is 17.2 Å². The van der Waals surface area contributed by atoms with Gasteiger partial charge in [-0.05, 0) is 6.42 Å². The van der Waals surface area contributed by atoms with Crippen LogP contribution in [0.15, 0.2) is 0 Å². The van der Waals surface area contributed by atoms with Gasteiger partial charge >= 0.3 is 0 Å². The first-order valence-corrected chi connectivity index (χ1v) is 3.62. The summed E-state index contributed by atoms with van der Waals surface area (Å²) in [5.41, 5.74) is 0. The smallest absolute Gasteiger partial charge is 0.149 e. The van der Waals surface area contributed by atoms with Crippen LogP contribution in [0.5, 0.6) is 0 Å². The fourth-order valence-corrected chi connectivity index (χ4v) is 0.846. The van der Waals surface area contributed by atoms with Gasteiger partial charge in [-0.2, -0.15) is 5.26 Å². The summed E-state index contributed by atoms with van der Waals surface area (Å²) < 4.78 is 0. The highest BCUT2D eigenvalue weighted by Crippen LogP contribution is 2.07. The van der Waals surface area contributed by atoms with E-state index in [2.05, 4.69) is 0 Å². The zero-order chi connectivity index (χ0) is 7.98. The molecule has 0 aromatic heterocycles. The lowest BCUT2D eigenvalue weighted by Gasteiger charge is -2.03. The molecular formula is C8H13NO. The van der Waals surface area contributed by atoms with Crippen molar-refractivity contribution in [2.45, 2.75) is 33.1 Å². The van der Waals surface area contributed by atoms with Gasteiger partial charge in [-0.25, -0.2) is 0 Å². The molecule has 10 heavy (non-hydrogen) atoms. The van der Waals surface area contributed by atoms with Crippen molar-refractivity contribution in [1.82, 2.24) is 0 Å². The summed E-state index contributed by atoms with van der Waals surface area (Å²) in [6, 6.07) is 1.86. The van der Waals surface area contributed by atoms with Crippen LogP contribution in [0.25, 0.3) is 0 Å². The van der Waals surface area contributed by atoms with Gasteiger partial charge in [-0.1, -0.05) is 20.3 Å². The molecule has 0 saturated carbocycles. The number of ketones is 1. The fourth-order valence-electron chi connectivity index (χ4n) is 0.846. The Hall–Kier alpha value is -0.840. The topological polar surface area (TPSA) is 40.9 Å². The van der Waals surface area contributed by atoms with E-state index in [1.165, 1.54) is 0 Å². The standard InChI is InChI=1S/C8H13NO/c1-3-4-7(2)8(10)5-6-9/h7H,3-5H2,1-2H3/t7-/m1/s1. The minimum atomic E-state index is 0.0706. The van der Waals surface area contributed by atoms with E-state index in [9.17, 15) is 4.79 Å². The average Bonchev–Trinajstić information content (AvgIpc) is 1.89. The van der Waals surface area contributed by atoms with Crippen molar-refractivity contribution >= 4 is 5.78 Å². The Balaban J connectivity index is 3.62. The molecule has 0 spiro atoms. The van der Waals surface area contributed by atoms with Gasteiger partial charge in [0.2, 0.25) is 0 Å². The number of hydrogen-bond donors (Lipinski definition) is 0. The van der Waals surface area contributed by atoms with Gasteiger partial charge in [0.05, 0.1) is 12.5 Å². The molecule has 1 atom stereocenters. The molecule has 0 aliphatic carbocycles. The van der Waals surface area contributed by atoms with Crippen LogP contribution >= 0.6 is 0 Å². The summed E-state index contributed by atoms with van der Waals surface area (Å²) in [6.07, 6.45) is 1.99. The molecular weight excluding hydrogens is 126 g/mol. The van der Waals surface area contributed by atoms with E-state index in [1.54, 1.807) is 0 Å². The lowest BCUT2D eigenvalue weighted by Crippen LogP contribution is -2.08. The van der Waals surface area contributed by atoms with Gasteiger partial charge in [0.25, 0.3) is 0 Å². The number of nitrogens with zero attached hydrogens (tertiary/aromatic N) is 1. The van der Waals surface area contributed by atoms with Crippen LogP contribution in [0.4, 0.5) is 0 Å². The lowest BCUT2D eigenvalue weighted by atomic mass is 9.99. The first kappa shape index (κ1) is 9.16. The second-order valence-corrected chi connectivity index (χ2v) is 2.49. The van der Waals surface area contributed by atoms with E-state index >= 15 is 0 Å². The summed E-state index contributed by atoms with van der Waals surface area (Å²) >= 11 is 0. The van der Waals surface area contributed by atoms with Gasteiger partial charge in [0.15, 0.2) is 0 Å². The molecule has 0 bridgehead atoms. The third-order valence-electron chi connectivity index (χ3n) is 1.52. The van der Waals surface area contributed by atoms with Crippen molar-refractivity contribution in [3.8, 4) is 6.07 Å². The molecule has 0 aromatic carbocycles. The molecule has 0 radical (unpaired) electrons. The van der Waals surface area contributed by atoms with Crippen molar-refractivity contribution in [2.24, 2.45) is 5.92 Å². The molecule has 0 N–H and O–H groups in total. The average molecular weight is 139 g/mol. The van der Waals surface area contributed by atoms with Crippen molar-refractivity contribution in [2.75, 3.05) is 0 Å². The molecule has 2 nitrogen and oxygen atoms in total. The molecule has 56 valence electrons. The number of nitriles is 1. The summed E-state index contributed by atoms with van der Waals surface area (Å²) in [5.74, 6) is 0.147. The van der Waals surface area contributed by atoms with Crippen molar-refractivity contribution < 1.29 is 4.79 Å². The van der Waals surface area contributed by atoms with Crippen LogP contribution in [0.3, 0.4) is 0 Å². The van der Waals surface area contributed by atoms with Crippen molar-refractivity contribution in [3.05, 3.63) is 0 Å². The number of rotatable bonds is 4. The van der Waals surface area contributed by atoms with Gasteiger partial charge in [-0.3, -0.25) is 4.79 Å². The molecule has 0 aliphatic heterocycles. The minimum Gasteiger partial charge on any atom is -0.298 e. The first-order chi connectivity index (χ1) is 4.72. The Morgan fingerprint density at radius 1 is 1.70 bits per heavy atom. The largest absolute Gasteiger partial charge is 0.298 e. The molecule has 0 rings (SSSR count). The number of carbonyl (C=O) groups is 1. The maximum Gasteiger partial charge on any atom is 0.149 e. The van der Waals surface area contributed by atoms with Crippen molar-refractivity contribution in [3.63, 3.8) is 0 Å². The zero-order valence-corrected chi connectivity index (χ0v) is 6.55. The number of hydrogen-bond acceptors (Lipinski definition) is 2. The van der Waals surface area contributed by atoms with Crippen LogP contribution in [-0.2, 0) is 4.79 Å². The fraction of sp³-hybridized carbons (Fsp3) is 0.750. The highest BCUT2D eigenvalue weighted by atomic mass is 16.1. The monoisotopic (exact) mass is 139 g/mol. The third kappa shape index (κ3) is 3.24.